The normalized spacial score (nSPS) is 23.8. The number of hydrogen-bond donors (Lipinski definition) is 0. The van der Waals surface area contributed by atoms with E-state index in [1.807, 2.05) is 0 Å². The Balaban J connectivity index is 1.29. The molecule has 0 radical (unpaired) electrons. The van der Waals surface area contributed by atoms with Crippen molar-refractivity contribution in [1.82, 2.24) is 9.80 Å². The Morgan fingerprint density at radius 1 is 0.656 bits per heavy atom. The van der Waals surface area contributed by atoms with Crippen molar-refractivity contribution in [2.45, 2.75) is 32.2 Å². The van der Waals surface area contributed by atoms with Gasteiger partial charge in [-0.05, 0) is 54.8 Å². The second kappa shape index (κ2) is 10.0. The van der Waals surface area contributed by atoms with Crippen LogP contribution < -0.4 is 0 Å². The second-order valence-corrected chi connectivity index (χ2v) is 10.0. The third-order valence-electron chi connectivity index (χ3n) is 7.78. The molecule has 3 aromatic rings. The molecule has 0 aliphatic carbocycles. The van der Waals surface area contributed by atoms with Crippen LogP contribution in [0.5, 0.6) is 0 Å². The van der Waals surface area contributed by atoms with Crippen molar-refractivity contribution >= 4 is 0 Å². The van der Waals surface area contributed by atoms with Gasteiger partial charge in [-0.15, -0.1) is 0 Å². The van der Waals surface area contributed by atoms with Gasteiger partial charge in [0.2, 0.25) is 0 Å². The largest absolute Gasteiger partial charge is 0.302 e. The molecule has 0 N–H and O–H groups in total. The van der Waals surface area contributed by atoms with Crippen LogP contribution in [-0.4, -0.2) is 42.5 Å². The topological polar surface area (TPSA) is 6.48 Å². The van der Waals surface area contributed by atoms with Gasteiger partial charge in [-0.3, -0.25) is 4.90 Å². The average molecular weight is 425 g/mol. The third-order valence-corrected chi connectivity index (χ3v) is 7.78. The van der Waals surface area contributed by atoms with E-state index >= 15 is 0 Å². The minimum Gasteiger partial charge on any atom is -0.302 e. The van der Waals surface area contributed by atoms with Crippen LogP contribution in [0.15, 0.2) is 91.0 Å². The number of piperidine rings is 1. The van der Waals surface area contributed by atoms with E-state index in [1.54, 1.807) is 0 Å². The Bertz CT molecular complexity index is 956. The summed E-state index contributed by atoms with van der Waals surface area (Å²) in [5.74, 6) is 0.822. The highest BCUT2D eigenvalue weighted by molar-refractivity contribution is 5.18. The maximum absolute atomic E-state index is 2.76. The van der Waals surface area contributed by atoms with Crippen LogP contribution in [-0.2, 0) is 19.4 Å². The first-order valence-electron chi connectivity index (χ1n) is 12.4. The van der Waals surface area contributed by atoms with Crippen molar-refractivity contribution in [3.63, 3.8) is 0 Å². The SMILES string of the molecule is c1ccc(CCN2CCC3CN(Cc4ccccc4)CC3(CCc3ccccc3)C2)cc1. The third kappa shape index (κ3) is 5.14. The van der Waals surface area contributed by atoms with Crippen molar-refractivity contribution in [2.24, 2.45) is 11.3 Å². The summed E-state index contributed by atoms with van der Waals surface area (Å²) in [5, 5.41) is 0. The number of rotatable bonds is 8. The predicted octanol–water partition coefficient (Wildman–Crippen LogP) is 5.69. The Hall–Kier alpha value is -2.42. The lowest BCUT2D eigenvalue weighted by Crippen LogP contribution is -2.49. The lowest BCUT2D eigenvalue weighted by Gasteiger charge is -2.45. The van der Waals surface area contributed by atoms with Crippen LogP contribution in [0.3, 0.4) is 0 Å². The lowest BCUT2D eigenvalue weighted by molar-refractivity contribution is 0.0537. The van der Waals surface area contributed by atoms with Crippen molar-refractivity contribution in [3.05, 3.63) is 108 Å². The smallest absolute Gasteiger partial charge is 0.0234 e. The van der Waals surface area contributed by atoms with E-state index in [4.69, 9.17) is 0 Å². The van der Waals surface area contributed by atoms with Gasteiger partial charge < -0.3 is 4.90 Å². The molecule has 2 unspecified atom stereocenters. The molecule has 3 aromatic carbocycles. The maximum Gasteiger partial charge on any atom is 0.0234 e. The molecule has 2 aliphatic heterocycles. The molecule has 0 saturated carbocycles. The fraction of sp³-hybridized carbons (Fsp3) is 0.400. The molecule has 2 nitrogen and oxygen atoms in total. The molecular formula is C30H36N2. The molecule has 2 atom stereocenters. The van der Waals surface area contributed by atoms with Gasteiger partial charge >= 0.3 is 0 Å². The van der Waals surface area contributed by atoms with E-state index < -0.39 is 0 Å². The molecule has 166 valence electrons. The highest BCUT2D eigenvalue weighted by Gasteiger charge is 2.48. The Morgan fingerprint density at radius 3 is 1.88 bits per heavy atom. The van der Waals surface area contributed by atoms with Crippen molar-refractivity contribution < 1.29 is 0 Å². The van der Waals surface area contributed by atoms with Gasteiger partial charge in [0, 0.05) is 38.1 Å². The number of fused-ring (bicyclic) bond motifs is 1. The van der Waals surface area contributed by atoms with Gasteiger partial charge in [0.05, 0.1) is 0 Å². The maximum atomic E-state index is 2.76. The van der Waals surface area contributed by atoms with E-state index in [1.165, 1.54) is 68.7 Å². The first-order valence-corrected chi connectivity index (χ1v) is 12.4. The van der Waals surface area contributed by atoms with E-state index in [9.17, 15) is 0 Å². The standard InChI is InChI=1S/C30H36N2/c1-4-10-26(11-5-1)16-19-30-24-31(20-17-27-12-6-2-7-13-27)21-18-29(30)23-32(25-30)22-28-14-8-3-9-15-28/h1-15,29H,16-25H2. The quantitative estimate of drug-likeness (QED) is 0.459. The van der Waals surface area contributed by atoms with E-state index in [-0.39, 0.29) is 0 Å². The highest BCUT2D eigenvalue weighted by Crippen LogP contribution is 2.45. The summed E-state index contributed by atoms with van der Waals surface area (Å²) in [6.07, 6.45) is 5.00. The predicted molar refractivity (Wildman–Crippen MR) is 134 cm³/mol. The first kappa shape index (κ1) is 21.4. The van der Waals surface area contributed by atoms with Crippen molar-refractivity contribution in [3.8, 4) is 0 Å². The number of hydrogen-bond acceptors (Lipinski definition) is 2. The molecule has 2 aliphatic rings. The molecule has 2 heteroatoms. The molecule has 2 fully saturated rings. The molecule has 0 amide bonds. The summed E-state index contributed by atoms with van der Waals surface area (Å²) in [6, 6.07) is 33.2. The molecule has 2 heterocycles. The molecule has 0 aromatic heterocycles. The molecule has 32 heavy (non-hydrogen) atoms. The van der Waals surface area contributed by atoms with Gasteiger partial charge in [0.25, 0.3) is 0 Å². The number of benzene rings is 3. The summed E-state index contributed by atoms with van der Waals surface area (Å²) in [7, 11) is 0. The van der Waals surface area contributed by atoms with Crippen LogP contribution in [0.4, 0.5) is 0 Å². The summed E-state index contributed by atoms with van der Waals surface area (Å²) in [5.41, 5.74) is 4.82. The molecule has 0 bridgehead atoms. The van der Waals surface area contributed by atoms with Gasteiger partial charge in [-0.2, -0.15) is 0 Å². The minimum absolute atomic E-state index is 0.416. The van der Waals surface area contributed by atoms with Crippen LogP contribution in [0.1, 0.15) is 29.5 Å². The van der Waals surface area contributed by atoms with Crippen LogP contribution in [0.25, 0.3) is 0 Å². The van der Waals surface area contributed by atoms with Gasteiger partial charge in [0.1, 0.15) is 0 Å². The zero-order valence-electron chi connectivity index (χ0n) is 19.2. The zero-order chi connectivity index (χ0) is 21.6. The Morgan fingerprint density at radius 2 is 1.22 bits per heavy atom. The van der Waals surface area contributed by atoms with Crippen molar-refractivity contribution in [1.29, 1.82) is 0 Å². The highest BCUT2D eigenvalue weighted by atomic mass is 15.2. The van der Waals surface area contributed by atoms with Gasteiger partial charge in [-0.1, -0.05) is 91.0 Å². The van der Waals surface area contributed by atoms with E-state index in [0.29, 0.717) is 5.41 Å². The average Bonchev–Trinajstić information content (AvgIpc) is 3.21. The van der Waals surface area contributed by atoms with Gasteiger partial charge in [0.15, 0.2) is 0 Å². The molecular weight excluding hydrogens is 388 g/mol. The number of aryl methyl sites for hydroxylation is 1. The van der Waals surface area contributed by atoms with Crippen LogP contribution in [0.2, 0.25) is 0 Å². The summed E-state index contributed by atoms with van der Waals surface area (Å²) >= 11 is 0. The zero-order valence-corrected chi connectivity index (χ0v) is 19.2. The lowest BCUT2D eigenvalue weighted by atomic mass is 9.70. The van der Waals surface area contributed by atoms with Gasteiger partial charge in [-0.25, -0.2) is 0 Å². The summed E-state index contributed by atoms with van der Waals surface area (Å²) < 4.78 is 0. The van der Waals surface area contributed by atoms with E-state index in [2.05, 4.69) is 101 Å². The van der Waals surface area contributed by atoms with Crippen LogP contribution >= 0.6 is 0 Å². The second-order valence-electron chi connectivity index (χ2n) is 10.0. The fourth-order valence-corrected chi connectivity index (χ4v) is 6.07. The first-order chi connectivity index (χ1) is 15.8. The molecule has 0 spiro atoms. The minimum atomic E-state index is 0.416. The molecule has 5 rings (SSSR count). The number of nitrogens with zero attached hydrogens (tertiary/aromatic N) is 2. The molecule has 2 saturated heterocycles. The Kier molecular flexibility index (Phi) is 6.71. The van der Waals surface area contributed by atoms with Crippen LogP contribution in [0, 0.1) is 11.3 Å². The number of likely N-dealkylation sites (tertiary alicyclic amines) is 2. The summed E-state index contributed by atoms with van der Waals surface area (Å²) in [6.45, 7) is 7.28. The summed E-state index contributed by atoms with van der Waals surface area (Å²) in [4.78, 5) is 5.51. The monoisotopic (exact) mass is 424 g/mol. The van der Waals surface area contributed by atoms with Crippen molar-refractivity contribution in [2.75, 3.05) is 32.7 Å². The fourth-order valence-electron chi connectivity index (χ4n) is 6.07. The van der Waals surface area contributed by atoms with E-state index in [0.717, 1.165) is 18.9 Å². The Labute approximate surface area is 193 Å².